The van der Waals surface area contributed by atoms with Gasteiger partial charge in [-0.25, -0.2) is 4.79 Å². The molecule has 0 aliphatic carbocycles. The van der Waals surface area contributed by atoms with Gasteiger partial charge in [-0.15, -0.1) is 0 Å². The Hall–Kier alpha value is -1.21. The van der Waals surface area contributed by atoms with E-state index in [1.807, 2.05) is 0 Å². The second-order valence-electron chi connectivity index (χ2n) is 2.44. The Labute approximate surface area is 95.7 Å². The van der Waals surface area contributed by atoms with Crippen LogP contribution in [0.5, 0.6) is 0 Å². The first-order valence-corrected chi connectivity index (χ1v) is 4.58. The molecule has 0 aromatic heterocycles. The Kier molecular flexibility index (Phi) is 3.25. The molecule has 0 saturated carbocycles. The molecule has 5 nitrogen and oxygen atoms in total. The number of carboxylic acids is 1. The van der Waals surface area contributed by atoms with Crippen LogP contribution >= 0.6 is 27.5 Å². The van der Waals surface area contributed by atoms with Gasteiger partial charge < -0.3 is 5.11 Å². The van der Waals surface area contributed by atoms with Crippen molar-refractivity contribution in [3.63, 3.8) is 0 Å². The number of nitrogens with zero attached hydrogens (tertiary/aromatic N) is 1. The average molecular weight is 298 g/mol. The third-order valence-electron chi connectivity index (χ3n) is 1.54. The van der Waals surface area contributed by atoms with Crippen LogP contribution in [0.25, 0.3) is 0 Å². The number of rotatable bonds is 2. The maximum atomic E-state index is 13.4. The molecule has 80 valence electrons. The Bertz CT molecular complexity index is 427. The first-order valence-electron chi connectivity index (χ1n) is 3.41. The first kappa shape index (κ1) is 11.9. The van der Waals surface area contributed by atoms with Crippen LogP contribution in [0.3, 0.4) is 0 Å². The zero-order chi connectivity index (χ0) is 11.7. The fourth-order valence-corrected chi connectivity index (χ4v) is 1.90. The van der Waals surface area contributed by atoms with Crippen molar-refractivity contribution in [3.8, 4) is 0 Å². The van der Waals surface area contributed by atoms with E-state index in [-0.39, 0.29) is 4.47 Å². The van der Waals surface area contributed by atoms with Crippen molar-refractivity contribution < 1.29 is 19.2 Å². The lowest BCUT2D eigenvalue weighted by molar-refractivity contribution is -0.388. The van der Waals surface area contributed by atoms with Gasteiger partial charge in [-0.3, -0.25) is 10.1 Å². The maximum absolute atomic E-state index is 13.4. The molecule has 8 heteroatoms. The molecule has 0 aliphatic heterocycles. The highest BCUT2D eigenvalue weighted by molar-refractivity contribution is 9.10. The summed E-state index contributed by atoms with van der Waals surface area (Å²) in [5.41, 5.74) is -1.86. The summed E-state index contributed by atoms with van der Waals surface area (Å²) in [6.07, 6.45) is 0. The highest BCUT2D eigenvalue weighted by Crippen LogP contribution is 2.34. The summed E-state index contributed by atoms with van der Waals surface area (Å²) in [5.74, 6) is -3.13. The normalized spacial score (nSPS) is 10.1. The summed E-state index contributed by atoms with van der Waals surface area (Å²) in [6.45, 7) is 0. The number of aromatic carboxylic acids is 1. The van der Waals surface area contributed by atoms with Gasteiger partial charge in [0.05, 0.1) is 14.4 Å². The van der Waals surface area contributed by atoms with Gasteiger partial charge in [0.15, 0.2) is 0 Å². The maximum Gasteiger partial charge on any atom is 0.340 e. The van der Waals surface area contributed by atoms with Gasteiger partial charge in [0.2, 0.25) is 5.82 Å². The Morgan fingerprint density at radius 3 is 2.60 bits per heavy atom. The van der Waals surface area contributed by atoms with Crippen LogP contribution in [-0.4, -0.2) is 16.0 Å². The van der Waals surface area contributed by atoms with Crippen molar-refractivity contribution in [1.29, 1.82) is 0 Å². The van der Waals surface area contributed by atoms with Gasteiger partial charge in [-0.2, -0.15) is 4.39 Å². The van der Waals surface area contributed by atoms with Gasteiger partial charge in [0, 0.05) is 0 Å². The minimum Gasteiger partial charge on any atom is -0.478 e. The van der Waals surface area contributed by atoms with E-state index in [2.05, 4.69) is 15.9 Å². The van der Waals surface area contributed by atoms with E-state index in [0.29, 0.717) is 0 Å². The fraction of sp³-hybridized carbons (Fsp3) is 0. The van der Waals surface area contributed by atoms with Crippen molar-refractivity contribution in [2.24, 2.45) is 0 Å². The molecule has 1 aromatic rings. The van der Waals surface area contributed by atoms with Crippen molar-refractivity contribution in [2.75, 3.05) is 0 Å². The van der Waals surface area contributed by atoms with E-state index in [1.54, 1.807) is 0 Å². The molecular weight excluding hydrogens is 296 g/mol. The van der Waals surface area contributed by atoms with Gasteiger partial charge in [-0.05, 0) is 22.0 Å². The van der Waals surface area contributed by atoms with Crippen molar-refractivity contribution in [3.05, 3.63) is 37.1 Å². The summed E-state index contributed by atoms with van der Waals surface area (Å²) in [6, 6.07) is 0.965. The second kappa shape index (κ2) is 4.11. The lowest BCUT2D eigenvalue weighted by atomic mass is 10.2. The molecule has 0 radical (unpaired) electrons. The summed E-state index contributed by atoms with van der Waals surface area (Å²) in [5, 5.41) is 18.6. The topological polar surface area (TPSA) is 80.4 Å². The highest BCUT2D eigenvalue weighted by Gasteiger charge is 2.28. The number of carboxylic acid groups (broad SMARTS) is 1. The Morgan fingerprint density at radius 1 is 1.67 bits per heavy atom. The largest absolute Gasteiger partial charge is 0.478 e. The van der Waals surface area contributed by atoms with Crippen LogP contribution in [-0.2, 0) is 0 Å². The third-order valence-corrected chi connectivity index (χ3v) is 2.44. The smallest absolute Gasteiger partial charge is 0.340 e. The zero-order valence-corrected chi connectivity index (χ0v) is 9.17. The molecule has 0 atom stereocenters. The fourth-order valence-electron chi connectivity index (χ4n) is 0.943. The standard InChI is InChI=1S/C7H2BrClFNO4/c8-2-1-3(9)4(7(12)13)5(10)6(2)11(14)15/h1H,(H,12,13). The van der Waals surface area contributed by atoms with Crippen molar-refractivity contribution in [2.45, 2.75) is 0 Å². The predicted octanol–water partition coefficient (Wildman–Crippen LogP) is 2.85. The quantitative estimate of drug-likeness (QED) is 0.672. The molecular formula is C7H2BrClFNO4. The third kappa shape index (κ3) is 2.07. The zero-order valence-electron chi connectivity index (χ0n) is 6.83. The minimum atomic E-state index is -1.66. The molecule has 15 heavy (non-hydrogen) atoms. The van der Waals surface area contributed by atoms with E-state index in [1.165, 1.54) is 0 Å². The van der Waals surface area contributed by atoms with Gasteiger partial charge in [0.1, 0.15) is 5.56 Å². The monoisotopic (exact) mass is 297 g/mol. The first-order chi connectivity index (χ1) is 6.86. The SMILES string of the molecule is O=C(O)c1c(Cl)cc(Br)c([N+](=O)[O-])c1F. The van der Waals surface area contributed by atoms with Crippen LogP contribution in [0.2, 0.25) is 5.02 Å². The lowest BCUT2D eigenvalue weighted by Crippen LogP contribution is -2.05. The summed E-state index contributed by atoms with van der Waals surface area (Å²) < 4.78 is 13.2. The molecule has 0 unspecified atom stereocenters. The molecule has 0 aliphatic rings. The summed E-state index contributed by atoms with van der Waals surface area (Å²) in [7, 11) is 0. The average Bonchev–Trinajstić information content (AvgIpc) is 1.99. The van der Waals surface area contributed by atoms with E-state index in [9.17, 15) is 19.3 Å². The number of carbonyl (C=O) groups is 1. The van der Waals surface area contributed by atoms with Crippen molar-refractivity contribution in [1.82, 2.24) is 0 Å². The number of benzene rings is 1. The molecule has 1 N–H and O–H groups in total. The van der Waals surface area contributed by atoms with E-state index in [0.717, 1.165) is 6.07 Å². The molecule has 0 saturated heterocycles. The van der Waals surface area contributed by atoms with E-state index in [4.69, 9.17) is 16.7 Å². The number of hydrogen-bond donors (Lipinski definition) is 1. The summed E-state index contributed by atoms with van der Waals surface area (Å²) >= 11 is 8.16. The van der Waals surface area contributed by atoms with Crippen molar-refractivity contribution >= 4 is 39.2 Å². The minimum absolute atomic E-state index is 0.208. The molecule has 0 fully saturated rings. The van der Waals surface area contributed by atoms with Crippen LogP contribution in [0.4, 0.5) is 10.1 Å². The Morgan fingerprint density at radius 2 is 2.20 bits per heavy atom. The number of nitro benzene ring substituents is 1. The predicted molar refractivity (Wildman–Crippen MR) is 52.7 cm³/mol. The van der Waals surface area contributed by atoms with Crippen LogP contribution in [0.15, 0.2) is 10.5 Å². The van der Waals surface area contributed by atoms with Gasteiger partial charge in [0.25, 0.3) is 0 Å². The van der Waals surface area contributed by atoms with Crippen LogP contribution in [0.1, 0.15) is 10.4 Å². The molecule has 0 bridgehead atoms. The van der Waals surface area contributed by atoms with Crippen LogP contribution < -0.4 is 0 Å². The Balaban J connectivity index is 3.64. The molecule has 0 heterocycles. The van der Waals surface area contributed by atoms with E-state index < -0.39 is 33.0 Å². The molecule has 1 rings (SSSR count). The highest BCUT2D eigenvalue weighted by atomic mass is 79.9. The lowest BCUT2D eigenvalue weighted by Gasteiger charge is -2.03. The molecule has 0 amide bonds. The number of hydrogen-bond acceptors (Lipinski definition) is 3. The van der Waals surface area contributed by atoms with E-state index >= 15 is 0 Å². The molecule has 1 aromatic carbocycles. The van der Waals surface area contributed by atoms with Gasteiger partial charge >= 0.3 is 11.7 Å². The second-order valence-corrected chi connectivity index (χ2v) is 3.70. The number of halogens is 3. The van der Waals surface area contributed by atoms with Crippen LogP contribution in [0, 0.1) is 15.9 Å². The molecule has 0 spiro atoms. The van der Waals surface area contributed by atoms with Gasteiger partial charge in [-0.1, -0.05) is 11.6 Å². The number of nitro groups is 1. The summed E-state index contributed by atoms with van der Waals surface area (Å²) in [4.78, 5) is 20.0.